The van der Waals surface area contributed by atoms with Gasteiger partial charge in [0.15, 0.2) is 0 Å². The van der Waals surface area contributed by atoms with Crippen molar-refractivity contribution >= 4 is 132 Å². The van der Waals surface area contributed by atoms with Crippen molar-refractivity contribution in [1.29, 1.82) is 0 Å². The van der Waals surface area contributed by atoms with Gasteiger partial charge in [-0.2, -0.15) is 0 Å². The SMILES string of the molecule is Cc1cc(C)c(B(c2cccc(-n3c4ccccc4c4cc5c(cc43)c3ccccc3n5-c3ccc4c(ccn4-c4ccccc4)c3)c2)c2cccc(-n3c4ccccc4c4cc5c(cc43)c3ccccc3n5-c3ccc4ccn(-c5ccccc5)c4c3)c2)c(C)c1. The molecule has 19 rings (SSSR count). The Morgan fingerprint density at radius 1 is 0.228 bits per heavy atom. The zero-order valence-electron chi connectivity index (χ0n) is 51.1. The summed E-state index contributed by atoms with van der Waals surface area (Å²) >= 11 is 0. The molecule has 0 aliphatic rings. The lowest BCUT2D eigenvalue weighted by atomic mass is 9.35. The van der Waals surface area contributed by atoms with Gasteiger partial charge in [-0.05, 0) is 160 Å². The van der Waals surface area contributed by atoms with Gasteiger partial charge in [0, 0.05) is 100 Å². The van der Waals surface area contributed by atoms with Crippen molar-refractivity contribution < 1.29 is 0 Å². The van der Waals surface area contributed by atoms with Gasteiger partial charge in [0.2, 0.25) is 6.71 Å². The van der Waals surface area contributed by atoms with Crippen molar-refractivity contribution in [2.45, 2.75) is 20.8 Å². The summed E-state index contributed by atoms with van der Waals surface area (Å²) < 4.78 is 14.5. The maximum atomic E-state index is 2.51. The molecule has 19 aromatic rings. The zero-order chi connectivity index (χ0) is 60.9. The van der Waals surface area contributed by atoms with Gasteiger partial charge in [-0.15, -0.1) is 0 Å². The number of benzene rings is 13. The third-order valence-electron chi connectivity index (χ3n) is 19.8. The predicted octanol–water partition coefficient (Wildman–Crippen LogP) is 19.4. The molecule has 7 heteroatoms. The number of para-hydroxylation sites is 6. The molecule has 0 radical (unpaired) electrons. The van der Waals surface area contributed by atoms with Crippen LogP contribution in [0.1, 0.15) is 16.7 Å². The van der Waals surface area contributed by atoms with E-state index in [1.54, 1.807) is 0 Å². The van der Waals surface area contributed by atoms with Crippen molar-refractivity contribution in [3.05, 3.63) is 320 Å². The smallest absolute Gasteiger partial charge is 0.242 e. The van der Waals surface area contributed by atoms with Gasteiger partial charge in [0.1, 0.15) is 0 Å². The van der Waals surface area contributed by atoms with Crippen molar-refractivity contribution in [2.24, 2.45) is 0 Å². The summed E-state index contributed by atoms with van der Waals surface area (Å²) in [5.74, 6) is 0. The molecule has 0 spiro atoms. The van der Waals surface area contributed by atoms with E-state index < -0.39 is 0 Å². The standard InChI is InChI=1S/C85H59BN6/c1-54-44-55(2)85(56(3)45-54)86(59-20-18-26-63(47-59)89-76-32-14-10-28-67(76)71-52-83-73(50-81(71)89)69-30-12-16-34-78(69)91(83)65-38-39-75-58(46-65)41-43-87(75)61-22-6-4-7-23-61)60-21-19-27-64(48-60)90-77-33-15-11-29-68(77)72-53-84-74(51-82(72)90)70-31-13-17-35-79(70)92(84)66-37-36-57-40-42-88(80(57)49-66)62-24-8-5-9-25-62/h4-53H,1-3H3. The van der Waals surface area contributed by atoms with E-state index in [4.69, 9.17) is 0 Å². The highest BCUT2D eigenvalue weighted by Gasteiger charge is 2.29. The molecule has 0 saturated carbocycles. The second kappa shape index (κ2) is 20.1. The minimum absolute atomic E-state index is 0.0895. The van der Waals surface area contributed by atoms with Gasteiger partial charge < -0.3 is 27.4 Å². The van der Waals surface area contributed by atoms with E-state index in [1.807, 2.05) is 0 Å². The van der Waals surface area contributed by atoms with Gasteiger partial charge in [-0.3, -0.25) is 0 Å². The Balaban J connectivity index is 0.774. The van der Waals surface area contributed by atoms with E-state index in [0.29, 0.717) is 0 Å². The maximum Gasteiger partial charge on any atom is 0.242 e. The van der Waals surface area contributed by atoms with Crippen molar-refractivity contribution in [2.75, 3.05) is 0 Å². The van der Waals surface area contributed by atoms with E-state index >= 15 is 0 Å². The number of hydrogen-bond donors (Lipinski definition) is 0. The molecule has 432 valence electrons. The topological polar surface area (TPSA) is 29.6 Å². The molecule has 0 aliphatic carbocycles. The molecule has 6 aromatic heterocycles. The van der Waals surface area contributed by atoms with Crippen LogP contribution in [0.4, 0.5) is 0 Å². The van der Waals surface area contributed by atoms with E-state index in [0.717, 1.165) is 34.1 Å². The third kappa shape index (κ3) is 7.82. The van der Waals surface area contributed by atoms with E-state index in [9.17, 15) is 0 Å². The quantitative estimate of drug-likeness (QED) is 0.129. The molecule has 0 bridgehead atoms. The van der Waals surface area contributed by atoms with E-state index in [1.165, 1.54) is 142 Å². The van der Waals surface area contributed by atoms with Crippen LogP contribution in [-0.4, -0.2) is 34.1 Å². The Kier molecular flexibility index (Phi) is 11.4. The lowest BCUT2D eigenvalue weighted by Crippen LogP contribution is -2.54. The summed E-state index contributed by atoms with van der Waals surface area (Å²) in [6.07, 6.45) is 4.37. The highest BCUT2D eigenvalue weighted by atomic mass is 15.0. The van der Waals surface area contributed by atoms with Crippen LogP contribution in [-0.2, 0) is 0 Å². The van der Waals surface area contributed by atoms with Gasteiger partial charge in [0.05, 0.1) is 55.2 Å². The molecular weight excluding hydrogens is 1120 g/mol. The fourth-order valence-electron chi connectivity index (χ4n) is 16.0. The molecule has 0 fully saturated rings. The molecule has 6 heterocycles. The number of hydrogen-bond acceptors (Lipinski definition) is 0. The van der Waals surface area contributed by atoms with Crippen molar-refractivity contribution in [3.8, 4) is 34.1 Å². The summed E-state index contributed by atoms with van der Waals surface area (Å²) in [6.45, 7) is 6.74. The Morgan fingerprint density at radius 3 is 1.05 bits per heavy atom. The van der Waals surface area contributed by atoms with Crippen LogP contribution in [0.2, 0.25) is 0 Å². The first kappa shape index (κ1) is 52.2. The zero-order valence-corrected chi connectivity index (χ0v) is 51.1. The van der Waals surface area contributed by atoms with Gasteiger partial charge >= 0.3 is 0 Å². The Morgan fingerprint density at radius 2 is 0.598 bits per heavy atom. The van der Waals surface area contributed by atoms with Crippen LogP contribution in [0.3, 0.4) is 0 Å². The van der Waals surface area contributed by atoms with Crippen LogP contribution in [0.5, 0.6) is 0 Å². The average molecular weight is 1180 g/mol. The number of rotatable bonds is 9. The predicted molar refractivity (Wildman–Crippen MR) is 389 cm³/mol. The molecule has 0 saturated heterocycles. The summed E-state index contributed by atoms with van der Waals surface area (Å²) in [5, 5.41) is 12.2. The first-order valence-electron chi connectivity index (χ1n) is 31.9. The minimum Gasteiger partial charge on any atom is -0.317 e. The van der Waals surface area contributed by atoms with Gasteiger partial charge in [0.25, 0.3) is 0 Å². The fraction of sp³-hybridized carbons (Fsp3) is 0.0353. The average Bonchev–Trinajstić information content (AvgIpc) is 1.56. The van der Waals surface area contributed by atoms with Crippen LogP contribution in [0.25, 0.3) is 143 Å². The largest absolute Gasteiger partial charge is 0.317 e. The summed E-state index contributed by atoms with van der Waals surface area (Å²) in [5.41, 5.74) is 26.3. The molecule has 92 heavy (non-hydrogen) atoms. The Labute approximate surface area is 531 Å². The normalized spacial score (nSPS) is 12.1. The first-order valence-corrected chi connectivity index (χ1v) is 31.9. The van der Waals surface area contributed by atoms with Crippen LogP contribution in [0.15, 0.2) is 304 Å². The number of fused-ring (bicyclic) bond motifs is 14. The summed E-state index contributed by atoms with van der Waals surface area (Å²) in [7, 11) is 0. The van der Waals surface area contributed by atoms with Crippen LogP contribution < -0.4 is 16.4 Å². The molecule has 0 aliphatic heterocycles. The molecule has 0 unspecified atom stereocenters. The minimum atomic E-state index is -0.0895. The maximum absolute atomic E-state index is 2.51. The molecule has 13 aromatic carbocycles. The molecule has 6 nitrogen and oxygen atoms in total. The first-order chi connectivity index (χ1) is 45.4. The number of aryl methyl sites for hydroxylation is 3. The molecular formula is C85H59BN6. The second-order valence-corrected chi connectivity index (χ2v) is 25.1. The fourth-order valence-corrected chi connectivity index (χ4v) is 16.0. The third-order valence-corrected chi connectivity index (χ3v) is 19.8. The highest BCUT2D eigenvalue weighted by molar-refractivity contribution is 6.96. The van der Waals surface area contributed by atoms with Gasteiger partial charge in [-0.1, -0.05) is 185 Å². The number of nitrogens with zero attached hydrogens (tertiary/aromatic N) is 6. The lowest BCUT2D eigenvalue weighted by molar-refractivity contribution is 1.12. The molecule has 0 atom stereocenters. The Hall–Kier alpha value is -11.8. The number of aromatic nitrogens is 6. The summed E-state index contributed by atoms with van der Waals surface area (Å²) in [4.78, 5) is 0. The van der Waals surface area contributed by atoms with Crippen LogP contribution >= 0.6 is 0 Å². The van der Waals surface area contributed by atoms with Gasteiger partial charge in [-0.25, -0.2) is 0 Å². The van der Waals surface area contributed by atoms with E-state index in [-0.39, 0.29) is 6.71 Å². The lowest BCUT2D eigenvalue weighted by Gasteiger charge is -2.23. The van der Waals surface area contributed by atoms with Crippen LogP contribution in [0, 0.1) is 20.8 Å². The molecule has 0 N–H and O–H groups in total. The molecule has 0 amide bonds. The van der Waals surface area contributed by atoms with Crippen molar-refractivity contribution in [3.63, 3.8) is 0 Å². The highest BCUT2D eigenvalue weighted by Crippen LogP contribution is 2.43. The second-order valence-electron chi connectivity index (χ2n) is 25.1. The Bertz CT molecular complexity index is 6220. The van der Waals surface area contributed by atoms with Crippen molar-refractivity contribution in [1.82, 2.24) is 27.4 Å². The summed E-state index contributed by atoms with van der Waals surface area (Å²) in [6, 6.07) is 109. The van der Waals surface area contributed by atoms with E-state index in [2.05, 4.69) is 352 Å². The monoisotopic (exact) mass is 1170 g/mol.